The lowest BCUT2D eigenvalue weighted by Crippen LogP contribution is -2.44. The van der Waals surface area contributed by atoms with Crippen molar-refractivity contribution in [3.05, 3.63) is 102 Å². The van der Waals surface area contributed by atoms with E-state index in [2.05, 4.69) is 10.6 Å². The van der Waals surface area contributed by atoms with Gasteiger partial charge < -0.3 is 35.4 Å². The highest BCUT2D eigenvalue weighted by atomic mass is 16.5. The van der Waals surface area contributed by atoms with Gasteiger partial charge >= 0.3 is 0 Å². The summed E-state index contributed by atoms with van der Waals surface area (Å²) in [6.07, 6.45) is 5.21. The minimum atomic E-state index is -1.89. The number of hydrogen-bond donors (Lipinski definition) is 4. The maximum Gasteiger partial charge on any atom is 0.264 e. The van der Waals surface area contributed by atoms with E-state index in [9.17, 15) is 24.6 Å². The largest absolute Gasteiger partial charge is 0.497 e. The maximum atomic E-state index is 14.0. The number of rotatable bonds is 13. The lowest BCUT2D eigenvalue weighted by molar-refractivity contribution is -0.139. The second kappa shape index (κ2) is 14.7. The number of carbonyl (C=O) groups excluding carboxylic acids is 3. The zero-order valence-corrected chi connectivity index (χ0v) is 26.3. The summed E-state index contributed by atoms with van der Waals surface area (Å²) in [5.41, 5.74) is 1.57. The molecule has 10 nitrogen and oxygen atoms in total. The minimum Gasteiger partial charge on any atom is -0.497 e. The molecule has 1 saturated heterocycles. The quantitative estimate of drug-likeness (QED) is 0.213. The predicted octanol–water partition coefficient (Wildman–Crippen LogP) is 3.72. The summed E-state index contributed by atoms with van der Waals surface area (Å²) in [6.45, 7) is 3.22. The van der Waals surface area contributed by atoms with Crippen molar-refractivity contribution in [2.75, 3.05) is 37.0 Å². The van der Waals surface area contributed by atoms with Crippen LogP contribution >= 0.6 is 0 Å². The van der Waals surface area contributed by atoms with Crippen LogP contribution in [0.25, 0.3) is 0 Å². The van der Waals surface area contributed by atoms with E-state index in [-0.39, 0.29) is 44.0 Å². The van der Waals surface area contributed by atoms with Gasteiger partial charge in [0.25, 0.3) is 5.91 Å². The Labute approximate surface area is 269 Å². The summed E-state index contributed by atoms with van der Waals surface area (Å²) in [6, 6.07) is 21.9. The first-order valence-corrected chi connectivity index (χ1v) is 15.7. The second-order valence-corrected chi connectivity index (χ2v) is 11.8. The van der Waals surface area contributed by atoms with Gasteiger partial charge in [-0.05, 0) is 60.8 Å². The van der Waals surface area contributed by atoms with Gasteiger partial charge in [-0.1, -0.05) is 61.5 Å². The Morgan fingerprint density at radius 1 is 1.13 bits per heavy atom. The normalized spacial score (nSPS) is 19.7. The monoisotopic (exact) mass is 626 g/mol. The molecule has 0 spiro atoms. The lowest BCUT2D eigenvalue weighted by atomic mass is 9.83. The second-order valence-electron chi connectivity index (χ2n) is 11.8. The van der Waals surface area contributed by atoms with Crippen LogP contribution in [0.15, 0.2) is 84.9 Å². The molecule has 0 radical (unpaired) electrons. The lowest BCUT2D eigenvalue weighted by Gasteiger charge is -2.28. The molecule has 2 aliphatic rings. The van der Waals surface area contributed by atoms with E-state index >= 15 is 0 Å². The van der Waals surface area contributed by atoms with Crippen molar-refractivity contribution in [3.63, 3.8) is 0 Å². The number of hydrogen-bond acceptors (Lipinski definition) is 7. The van der Waals surface area contributed by atoms with Crippen molar-refractivity contribution in [1.29, 1.82) is 0 Å². The van der Waals surface area contributed by atoms with Gasteiger partial charge in [0.1, 0.15) is 5.75 Å². The number of carbonyl (C=O) groups is 3. The zero-order valence-electron chi connectivity index (χ0n) is 26.3. The van der Waals surface area contributed by atoms with E-state index in [1.165, 1.54) is 7.11 Å². The number of methoxy groups -OCH3 is 1. The van der Waals surface area contributed by atoms with Gasteiger partial charge in [0.05, 0.1) is 32.0 Å². The Hall–Kier alpha value is -4.51. The molecule has 2 heterocycles. The first-order valence-electron chi connectivity index (χ1n) is 15.7. The number of benzene rings is 3. The van der Waals surface area contributed by atoms with Crippen LogP contribution in [0.2, 0.25) is 0 Å². The summed E-state index contributed by atoms with van der Waals surface area (Å²) in [4.78, 5) is 42.7. The number of aliphatic hydroxyl groups is 2. The number of ether oxygens (including phenoxy) is 1. The standard InChI is InChI=1S/C36H42N4O6/c1-25(8-6-12-33(42)39(20-21-41)23-26-9-4-3-5-10-26)36(45)30-22-29(46-2)17-18-32(30)40(35(36)44)24-27-13-15-28(16-14-27)38-34(43)31-11-7-19-37-31/h3-6,8-10,13-18,22,25,31,37,41,45H,7,11-12,19-21,23-24H2,1-2H3,(H,38,43)/b8-6+/t25-,31+,36+/m0/s1. The number of fused-ring (bicyclic) bond motifs is 1. The van der Waals surface area contributed by atoms with Crippen LogP contribution in [0, 0.1) is 5.92 Å². The molecule has 0 aliphatic carbocycles. The summed E-state index contributed by atoms with van der Waals surface area (Å²) in [5, 5.41) is 27.7. The van der Waals surface area contributed by atoms with Crippen molar-refractivity contribution >= 4 is 29.1 Å². The molecule has 242 valence electrons. The van der Waals surface area contributed by atoms with E-state index in [4.69, 9.17) is 4.74 Å². The van der Waals surface area contributed by atoms with Crippen molar-refractivity contribution in [3.8, 4) is 5.75 Å². The van der Waals surface area contributed by atoms with Gasteiger partial charge in [0.15, 0.2) is 5.60 Å². The number of aliphatic hydroxyl groups excluding tert-OH is 1. The average Bonchev–Trinajstić information content (AvgIpc) is 3.69. The molecular weight excluding hydrogens is 584 g/mol. The summed E-state index contributed by atoms with van der Waals surface area (Å²) < 4.78 is 5.43. The Balaban J connectivity index is 1.30. The van der Waals surface area contributed by atoms with E-state index in [0.717, 1.165) is 30.5 Å². The van der Waals surface area contributed by atoms with Gasteiger partial charge in [0.2, 0.25) is 11.8 Å². The molecular formula is C36H42N4O6. The first-order chi connectivity index (χ1) is 22.2. The molecule has 46 heavy (non-hydrogen) atoms. The van der Waals surface area contributed by atoms with Gasteiger partial charge in [-0.15, -0.1) is 0 Å². The van der Waals surface area contributed by atoms with E-state index in [1.54, 1.807) is 47.1 Å². The Bertz CT molecular complexity index is 1550. The smallest absolute Gasteiger partial charge is 0.264 e. The molecule has 0 unspecified atom stereocenters. The first kappa shape index (κ1) is 32.9. The zero-order chi connectivity index (χ0) is 32.7. The third-order valence-electron chi connectivity index (χ3n) is 8.73. The van der Waals surface area contributed by atoms with Crippen LogP contribution in [-0.4, -0.2) is 65.7 Å². The molecule has 3 atom stereocenters. The van der Waals surface area contributed by atoms with Crippen molar-refractivity contribution in [2.24, 2.45) is 5.92 Å². The van der Waals surface area contributed by atoms with Crippen LogP contribution in [0.4, 0.5) is 11.4 Å². The average molecular weight is 627 g/mol. The molecule has 1 fully saturated rings. The molecule has 4 N–H and O–H groups in total. The molecule has 10 heteroatoms. The Morgan fingerprint density at radius 3 is 2.57 bits per heavy atom. The summed E-state index contributed by atoms with van der Waals surface area (Å²) in [7, 11) is 1.53. The molecule has 3 aromatic rings. The molecule has 0 aromatic heterocycles. The molecule has 0 saturated carbocycles. The molecule has 5 rings (SSSR count). The van der Waals surface area contributed by atoms with Crippen LogP contribution in [-0.2, 0) is 33.1 Å². The molecule has 2 aliphatic heterocycles. The molecule has 3 amide bonds. The van der Waals surface area contributed by atoms with Crippen LogP contribution in [0.5, 0.6) is 5.75 Å². The SMILES string of the molecule is COc1ccc2c(c1)[C@](O)([C@@H](C)/C=C/CC(=O)N(CCO)Cc1ccccc1)C(=O)N2Cc1ccc(NC(=O)[C@H]2CCCN2)cc1. The highest BCUT2D eigenvalue weighted by Crippen LogP contribution is 2.47. The number of amides is 3. The number of nitrogens with zero attached hydrogens (tertiary/aromatic N) is 2. The van der Waals surface area contributed by atoms with Crippen molar-refractivity contribution in [1.82, 2.24) is 10.2 Å². The van der Waals surface area contributed by atoms with Gasteiger partial charge in [-0.2, -0.15) is 0 Å². The van der Waals surface area contributed by atoms with E-state index in [1.807, 2.05) is 54.6 Å². The number of anilines is 2. The highest BCUT2D eigenvalue weighted by Gasteiger charge is 2.52. The van der Waals surface area contributed by atoms with Gasteiger partial charge in [-0.25, -0.2) is 0 Å². The van der Waals surface area contributed by atoms with Crippen LogP contribution < -0.4 is 20.3 Å². The summed E-state index contributed by atoms with van der Waals surface area (Å²) in [5.74, 6) is -0.876. The Morgan fingerprint density at radius 2 is 1.89 bits per heavy atom. The fourth-order valence-corrected chi connectivity index (χ4v) is 6.08. The van der Waals surface area contributed by atoms with E-state index in [0.29, 0.717) is 29.2 Å². The third-order valence-corrected chi connectivity index (χ3v) is 8.73. The fourth-order valence-electron chi connectivity index (χ4n) is 6.08. The topological polar surface area (TPSA) is 131 Å². The summed E-state index contributed by atoms with van der Waals surface area (Å²) >= 11 is 0. The fraction of sp³-hybridized carbons (Fsp3) is 0.361. The number of nitrogens with one attached hydrogen (secondary N) is 2. The highest BCUT2D eigenvalue weighted by molar-refractivity contribution is 6.07. The van der Waals surface area contributed by atoms with Gasteiger partial charge in [-0.3, -0.25) is 14.4 Å². The van der Waals surface area contributed by atoms with Crippen molar-refractivity contribution in [2.45, 2.75) is 50.9 Å². The predicted molar refractivity (Wildman–Crippen MR) is 176 cm³/mol. The van der Waals surface area contributed by atoms with Crippen LogP contribution in [0.3, 0.4) is 0 Å². The Kier molecular flexibility index (Phi) is 10.5. The third kappa shape index (κ3) is 7.14. The van der Waals surface area contributed by atoms with Gasteiger partial charge in [0, 0.05) is 36.7 Å². The maximum absolute atomic E-state index is 14.0. The minimum absolute atomic E-state index is 0.0514. The molecule has 0 bridgehead atoms. The molecule has 3 aromatic carbocycles. The van der Waals surface area contributed by atoms with E-state index < -0.39 is 17.4 Å². The van der Waals surface area contributed by atoms with Crippen LogP contribution in [0.1, 0.15) is 42.9 Å². The van der Waals surface area contributed by atoms with Crippen molar-refractivity contribution < 1.29 is 29.3 Å².